The Kier molecular flexibility index (Phi) is 6.04. The predicted octanol–water partition coefficient (Wildman–Crippen LogP) is 4.18. The second-order valence-corrected chi connectivity index (χ2v) is 8.31. The molecule has 156 valence electrons. The molecule has 7 heteroatoms. The van der Waals surface area contributed by atoms with Gasteiger partial charge in [-0.25, -0.2) is 0 Å². The summed E-state index contributed by atoms with van der Waals surface area (Å²) in [4.78, 5) is 39.6. The fraction of sp³-hybridized carbons (Fsp3) is 0.348. The van der Waals surface area contributed by atoms with Gasteiger partial charge in [0.2, 0.25) is 11.8 Å². The van der Waals surface area contributed by atoms with E-state index in [4.69, 9.17) is 11.6 Å². The van der Waals surface area contributed by atoms with Crippen LogP contribution in [0.2, 0.25) is 5.02 Å². The summed E-state index contributed by atoms with van der Waals surface area (Å²) in [6, 6.07) is 13.8. The average molecular weight is 426 g/mol. The summed E-state index contributed by atoms with van der Waals surface area (Å²) in [7, 11) is 0. The van der Waals surface area contributed by atoms with E-state index in [1.165, 1.54) is 0 Å². The van der Waals surface area contributed by atoms with Gasteiger partial charge in [0.1, 0.15) is 0 Å². The molecule has 0 bridgehead atoms. The molecule has 0 atom stereocenters. The van der Waals surface area contributed by atoms with Gasteiger partial charge in [-0.1, -0.05) is 23.7 Å². The summed E-state index contributed by atoms with van der Waals surface area (Å²) in [5.41, 5.74) is 1.49. The van der Waals surface area contributed by atoms with Gasteiger partial charge in [-0.05, 0) is 62.1 Å². The van der Waals surface area contributed by atoms with Crippen molar-refractivity contribution in [2.24, 2.45) is 11.8 Å². The number of piperidine rings is 1. The topological polar surface area (TPSA) is 78.5 Å². The molecule has 3 amide bonds. The number of halogens is 1. The summed E-state index contributed by atoms with van der Waals surface area (Å²) in [6.45, 7) is 1.23. The molecule has 2 aromatic carbocycles. The predicted molar refractivity (Wildman–Crippen MR) is 117 cm³/mol. The van der Waals surface area contributed by atoms with Gasteiger partial charge in [-0.2, -0.15) is 0 Å². The molecule has 2 fully saturated rings. The molecule has 4 rings (SSSR count). The quantitative estimate of drug-likeness (QED) is 0.754. The molecule has 1 saturated heterocycles. The third-order valence-corrected chi connectivity index (χ3v) is 5.89. The highest BCUT2D eigenvalue weighted by atomic mass is 35.5. The molecular formula is C23H24ClN3O3. The lowest BCUT2D eigenvalue weighted by Gasteiger charge is -2.31. The van der Waals surface area contributed by atoms with E-state index in [1.54, 1.807) is 48.5 Å². The van der Waals surface area contributed by atoms with E-state index < -0.39 is 0 Å². The van der Waals surface area contributed by atoms with Gasteiger partial charge in [0.15, 0.2) is 0 Å². The van der Waals surface area contributed by atoms with Crippen molar-refractivity contribution >= 4 is 40.7 Å². The number of rotatable bonds is 5. The highest BCUT2D eigenvalue weighted by Crippen LogP contribution is 2.32. The number of anilines is 2. The largest absolute Gasteiger partial charge is 0.342 e. The molecule has 1 aliphatic carbocycles. The van der Waals surface area contributed by atoms with Crippen molar-refractivity contribution in [2.45, 2.75) is 25.7 Å². The molecule has 1 saturated carbocycles. The van der Waals surface area contributed by atoms with Crippen LogP contribution < -0.4 is 10.6 Å². The number of amides is 3. The van der Waals surface area contributed by atoms with Crippen molar-refractivity contribution < 1.29 is 14.4 Å². The number of carbonyl (C=O) groups excluding carboxylic acids is 3. The highest BCUT2D eigenvalue weighted by molar-refractivity contribution is 6.30. The number of likely N-dealkylation sites (tertiary alicyclic amines) is 1. The zero-order chi connectivity index (χ0) is 21.1. The fourth-order valence-corrected chi connectivity index (χ4v) is 3.83. The molecule has 0 radical (unpaired) electrons. The van der Waals surface area contributed by atoms with Crippen molar-refractivity contribution in [1.29, 1.82) is 0 Å². The number of hydrogen-bond donors (Lipinski definition) is 2. The second kappa shape index (κ2) is 8.88. The standard InChI is InChI=1S/C23H24ClN3O3/c24-17-7-9-18(10-8-17)25-22(29)19-3-1-2-4-20(19)26-21(28)15-11-13-27(14-12-15)23(30)16-5-6-16/h1-4,7-10,15-16H,5-6,11-14H2,(H,25,29)(H,26,28). The van der Waals surface area contributed by atoms with Crippen molar-refractivity contribution in [1.82, 2.24) is 4.90 Å². The maximum Gasteiger partial charge on any atom is 0.257 e. The van der Waals surface area contributed by atoms with Crippen molar-refractivity contribution in [2.75, 3.05) is 23.7 Å². The van der Waals surface area contributed by atoms with Crippen molar-refractivity contribution in [3.05, 3.63) is 59.1 Å². The molecule has 2 N–H and O–H groups in total. The Morgan fingerprint density at radius 1 is 0.833 bits per heavy atom. The van der Waals surface area contributed by atoms with Crippen molar-refractivity contribution in [3.8, 4) is 0 Å². The molecule has 2 aromatic rings. The first-order valence-corrected chi connectivity index (χ1v) is 10.6. The lowest BCUT2D eigenvalue weighted by Crippen LogP contribution is -2.42. The van der Waals surface area contributed by atoms with E-state index in [2.05, 4.69) is 10.6 Å². The summed E-state index contributed by atoms with van der Waals surface area (Å²) in [5.74, 6) is -0.140. The van der Waals surface area contributed by atoms with E-state index in [9.17, 15) is 14.4 Å². The van der Waals surface area contributed by atoms with Gasteiger partial charge in [0.25, 0.3) is 5.91 Å². The molecule has 1 heterocycles. The Morgan fingerprint density at radius 3 is 2.17 bits per heavy atom. The van der Waals surface area contributed by atoms with Crippen LogP contribution >= 0.6 is 11.6 Å². The number of para-hydroxylation sites is 1. The van der Waals surface area contributed by atoms with Crippen LogP contribution in [0.1, 0.15) is 36.0 Å². The van der Waals surface area contributed by atoms with Crippen LogP contribution in [0.25, 0.3) is 0 Å². The Morgan fingerprint density at radius 2 is 1.50 bits per heavy atom. The smallest absolute Gasteiger partial charge is 0.257 e. The summed E-state index contributed by atoms with van der Waals surface area (Å²) < 4.78 is 0. The lowest BCUT2D eigenvalue weighted by molar-refractivity contribution is -0.135. The van der Waals surface area contributed by atoms with Gasteiger partial charge in [0, 0.05) is 35.6 Å². The molecule has 0 unspecified atom stereocenters. The first-order valence-electron chi connectivity index (χ1n) is 10.3. The molecule has 30 heavy (non-hydrogen) atoms. The first kappa shape index (κ1) is 20.4. The van der Waals surface area contributed by atoms with E-state index in [0.29, 0.717) is 47.9 Å². The number of nitrogens with zero attached hydrogens (tertiary/aromatic N) is 1. The SMILES string of the molecule is O=C(Nc1ccc(Cl)cc1)c1ccccc1NC(=O)C1CCN(C(=O)C2CC2)CC1. The highest BCUT2D eigenvalue weighted by Gasteiger charge is 2.36. The summed E-state index contributed by atoms with van der Waals surface area (Å²) in [6.07, 6.45) is 3.27. The minimum absolute atomic E-state index is 0.111. The van der Waals surface area contributed by atoms with Gasteiger partial charge >= 0.3 is 0 Å². The van der Waals surface area contributed by atoms with Crippen LogP contribution in [-0.2, 0) is 9.59 Å². The number of nitrogens with one attached hydrogen (secondary N) is 2. The maximum absolute atomic E-state index is 12.8. The monoisotopic (exact) mass is 425 g/mol. The molecule has 6 nitrogen and oxygen atoms in total. The molecule has 2 aliphatic rings. The molecule has 0 spiro atoms. The zero-order valence-corrected chi connectivity index (χ0v) is 17.3. The van der Waals surface area contributed by atoms with Gasteiger partial charge in [-0.15, -0.1) is 0 Å². The van der Waals surface area contributed by atoms with Crippen LogP contribution in [0.3, 0.4) is 0 Å². The van der Waals surface area contributed by atoms with Crippen molar-refractivity contribution in [3.63, 3.8) is 0 Å². The first-order chi connectivity index (χ1) is 14.5. The summed E-state index contributed by atoms with van der Waals surface area (Å²) >= 11 is 5.88. The summed E-state index contributed by atoms with van der Waals surface area (Å²) in [5, 5.41) is 6.32. The third-order valence-electron chi connectivity index (χ3n) is 5.64. The number of carbonyl (C=O) groups is 3. The molecular weight excluding hydrogens is 402 g/mol. The average Bonchev–Trinajstić information content (AvgIpc) is 3.61. The Balaban J connectivity index is 1.37. The number of hydrogen-bond acceptors (Lipinski definition) is 3. The minimum atomic E-state index is -0.307. The maximum atomic E-state index is 12.8. The zero-order valence-electron chi connectivity index (χ0n) is 16.6. The second-order valence-electron chi connectivity index (χ2n) is 7.87. The number of benzene rings is 2. The van der Waals surface area contributed by atoms with E-state index in [0.717, 1.165) is 12.8 Å². The normalized spacial score (nSPS) is 16.8. The Hall–Kier alpha value is -2.86. The van der Waals surface area contributed by atoms with Crippen LogP contribution in [0.15, 0.2) is 48.5 Å². The Labute approximate surface area is 180 Å². The van der Waals surface area contributed by atoms with Gasteiger partial charge in [-0.3, -0.25) is 14.4 Å². The van der Waals surface area contributed by atoms with E-state index >= 15 is 0 Å². The van der Waals surface area contributed by atoms with Crippen LogP contribution in [0.4, 0.5) is 11.4 Å². The van der Waals surface area contributed by atoms with E-state index in [-0.39, 0.29) is 29.6 Å². The third kappa shape index (κ3) is 4.82. The van der Waals surface area contributed by atoms with Crippen LogP contribution in [-0.4, -0.2) is 35.7 Å². The van der Waals surface area contributed by atoms with Crippen LogP contribution in [0.5, 0.6) is 0 Å². The minimum Gasteiger partial charge on any atom is -0.342 e. The Bertz CT molecular complexity index is 948. The fourth-order valence-electron chi connectivity index (χ4n) is 3.71. The van der Waals surface area contributed by atoms with E-state index in [1.807, 2.05) is 4.90 Å². The van der Waals surface area contributed by atoms with Gasteiger partial charge in [0.05, 0.1) is 11.3 Å². The van der Waals surface area contributed by atoms with Crippen LogP contribution in [0, 0.1) is 11.8 Å². The molecule has 1 aliphatic heterocycles. The van der Waals surface area contributed by atoms with Gasteiger partial charge < -0.3 is 15.5 Å². The molecule has 0 aromatic heterocycles. The lowest BCUT2D eigenvalue weighted by atomic mass is 9.95.